The molecule has 5 heteroatoms. The van der Waals surface area contributed by atoms with Gasteiger partial charge in [-0.05, 0) is 17.5 Å². The summed E-state index contributed by atoms with van der Waals surface area (Å²) >= 11 is -1.79. The Hall–Kier alpha value is -3.83. The van der Waals surface area contributed by atoms with E-state index < -0.39 is 19.2 Å². The fraction of sp³-hybridized carbons (Fsp3) is 0.125. The van der Waals surface area contributed by atoms with Crippen molar-refractivity contribution in [3.8, 4) is 22.4 Å². The van der Waals surface area contributed by atoms with Gasteiger partial charge in [0, 0.05) is 12.3 Å². The quantitative estimate of drug-likeness (QED) is 0.128. The molecular weight excluding hydrogens is 794 g/mol. The molecule has 0 aliphatic rings. The van der Waals surface area contributed by atoms with Crippen LogP contribution in [0.2, 0.25) is 17.3 Å². The fourth-order valence-electron chi connectivity index (χ4n) is 5.15. The maximum atomic E-state index is 12.8. The molecular formula is C40H33FGeIrNO. The molecule has 2 nitrogen and oxygen atoms in total. The van der Waals surface area contributed by atoms with Crippen molar-refractivity contribution >= 4 is 39.6 Å². The Morgan fingerprint density at radius 2 is 1.53 bits per heavy atom. The van der Waals surface area contributed by atoms with Crippen molar-refractivity contribution in [2.24, 2.45) is 0 Å². The number of fused-ring (bicyclic) bond motifs is 3. The van der Waals surface area contributed by atoms with Crippen LogP contribution in [-0.4, -0.2) is 18.3 Å². The maximum absolute atomic E-state index is 12.8. The van der Waals surface area contributed by atoms with Gasteiger partial charge in [0.05, 0.1) is 0 Å². The minimum absolute atomic E-state index is 0. The average molecular weight is 829 g/mol. The summed E-state index contributed by atoms with van der Waals surface area (Å²) in [7, 11) is 0. The number of pyridine rings is 1. The summed E-state index contributed by atoms with van der Waals surface area (Å²) in [6.07, 6.45) is 1.95. The Labute approximate surface area is 282 Å². The van der Waals surface area contributed by atoms with E-state index in [2.05, 4.69) is 52.6 Å². The Kier molecular flexibility index (Phi) is 9.75. The van der Waals surface area contributed by atoms with Gasteiger partial charge in [-0.1, -0.05) is 60.8 Å². The molecule has 0 aliphatic carbocycles. The number of rotatable bonds is 5. The summed E-state index contributed by atoms with van der Waals surface area (Å²) < 4.78 is 29.3. The normalized spacial score (nSPS) is 12.9. The van der Waals surface area contributed by atoms with Crippen molar-refractivity contribution in [3.63, 3.8) is 0 Å². The molecule has 0 aliphatic heterocycles. The Morgan fingerprint density at radius 3 is 2.24 bits per heavy atom. The van der Waals surface area contributed by atoms with E-state index in [-0.39, 0.29) is 25.9 Å². The molecule has 7 aromatic rings. The van der Waals surface area contributed by atoms with Gasteiger partial charge in [-0.2, -0.15) is 35.9 Å². The zero-order valence-electron chi connectivity index (χ0n) is 26.6. The SMILES string of the molecule is [2H]C(C)(c1ccccc1)c1cc[c-]c(-c2[c-]ccc3c2oc2ccccc23)c1.[CH3][Ge]([CH3])([CH3])[c]1ccc(-c2[c-]cc(F)cc2)nc1.[Ir+3]. The van der Waals surface area contributed by atoms with Crippen molar-refractivity contribution < 1.29 is 30.3 Å². The standard InChI is InChI=1S/C26H18O.C14H15FGeN.Ir/c1-18(19-9-3-2-4-10-19)20-11-7-12-21(17-20)22-14-8-15-24-23-13-5-6-16-25(23)27-26(22)24;1-16(2,3)13-8-9-14(17-10-13)11-4-6-12(15)7-5-11;/h2-11,13,15-18H,1H3;4,6-10H,1-3H3;/q-2;-1;+3/i18D;;. The largest absolute Gasteiger partial charge is 3.00 e. The van der Waals surface area contributed by atoms with Crippen LogP contribution in [0.3, 0.4) is 0 Å². The van der Waals surface area contributed by atoms with E-state index in [0.29, 0.717) is 0 Å². The van der Waals surface area contributed by atoms with Crippen LogP contribution in [0, 0.1) is 24.0 Å². The van der Waals surface area contributed by atoms with E-state index in [4.69, 9.17) is 5.79 Å². The Balaban J connectivity index is 0.000000200. The number of nitrogens with zero attached hydrogens (tertiary/aromatic N) is 1. The summed E-state index contributed by atoms with van der Waals surface area (Å²) in [5, 5.41) is 2.17. The first kappa shape index (κ1) is 31.2. The molecule has 2 heterocycles. The molecule has 5 aromatic carbocycles. The number of para-hydroxylation sites is 1. The second kappa shape index (κ2) is 14.1. The second-order valence-electron chi connectivity index (χ2n) is 11.8. The number of aromatic nitrogens is 1. The third-order valence-corrected chi connectivity index (χ3v) is 12.0. The van der Waals surface area contributed by atoms with Crippen molar-refractivity contribution in [2.45, 2.75) is 30.1 Å². The number of furan rings is 1. The molecule has 2 aromatic heterocycles. The molecule has 224 valence electrons. The first-order valence-electron chi connectivity index (χ1n) is 15.2. The smallest absolute Gasteiger partial charge is 3.00 e. The van der Waals surface area contributed by atoms with Crippen molar-refractivity contribution in [2.75, 3.05) is 0 Å². The predicted octanol–water partition coefficient (Wildman–Crippen LogP) is 10.2. The minimum Gasteiger partial charge on any atom is 3.00 e. The van der Waals surface area contributed by atoms with Crippen molar-refractivity contribution in [1.82, 2.24) is 4.98 Å². The zero-order chi connectivity index (χ0) is 31.6. The number of halogens is 1. The second-order valence-corrected chi connectivity index (χ2v) is 22.4. The molecule has 1 unspecified atom stereocenters. The third-order valence-electron chi connectivity index (χ3n) is 7.73. The summed E-state index contributed by atoms with van der Waals surface area (Å²) in [6, 6.07) is 45.9. The summed E-state index contributed by atoms with van der Waals surface area (Å²) in [6.45, 7) is 1.92. The van der Waals surface area contributed by atoms with Gasteiger partial charge in [0.2, 0.25) is 0 Å². The molecule has 0 spiro atoms. The van der Waals surface area contributed by atoms with Crippen LogP contribution in [-0.2, 0) is 20.1 Å². The maximum Gasteiger partial charge on any atom is 3.00 e. The topological polar surface area (TPSA) is 26.0 Å². The van der Waals surface area contributed by atoms with Crippen LogP contribution < -0.4 is 4.40 Å². The molecule has 7 rings (SSSR count). The number of hydrogen-bond donors (Lipinski definition) is 0. The van der Waals surface area contributed by atoms with Crippen molar-refractivity contribution in [1.29, 1.82) is 0 Å². The molecule has 0 radical (unpaired) electrons. The first-order valence-corrected chi connectivity index (χ1v) is 22.0. The number of hydrogen-bond acceptors (Lipinski definition) is 2. The van der Waals surface area contributed by atoms with E-state index >= 15 is 0 Å². The average Bonchev–Trinajstić information content (AvgIpc) is 3.45. The van der Waals surface area contributed by atoms with E-state index in [9.17, 15) is 4.39 Å². The zero-order valence-corrected chi connectivity index (χ0v) is 30.1. The molecule has 1 atom stereocenters. The van der Waals surface area contributed by atoms with Gasteiger partial charge in [-0.15, -0.1) is 17.7 Å². The van der Waals surface area contributed by atoms with Crippen LogP contribution in [0.1, 0.15) is 25.3 Å². The molecule has 0 N–H and O–H groups in total. The van der Waals surface area contributed by atoms with Gasteiger partial charge < -0.3 is 4.42 Å². The predicted molar refractivity (Wildman–Crippen MR) is 182 cm³/mol. The van der Waals surface area contributed by atoms with Crippen LogP contribution in [0.15, 0.2) is 126 Å². The summed E-state index contributed by atoms with van der Waals surface area (Å²) in [5.74, 6) is 5.88. The summed E-state index contributed by atoms with van der Waals surface area (Å²) in [5.41, 5.74) is 6.98. The van der Waals surface area contributed by atoms with Crippen LogP contribution in [0.5, 0.6) is 0 Å². The van der Waals surface area contributed by atoms with E-state index in [1.807, 2.05) is 98.0 Å². The Morgan fingerprint density at radius 1 is 0.778 bits per heavy atom. The molecule has 0 fully saturated rings. The Bertz CT molecular complexity index is 2070. The van der Waals surface area contributed by atoms with Crippen LogP contribution >= 0.6 is 0 Å². The van der Waals surface area contributed by atoms with Gasteiger partial charge in [-0.3, -0.25) is 0 Å². The molecule has 45 heavy (non-hydrogen) atoms. The summed E-state index contributed by atoms with van der Waals surface area (Å²) in [4.78, 5) is 4.44. The van der Waals surface area contributed by atoms with Gasteiger partial charge in [0.15, 0.2) is 0 Å². The van der Waals surface area contributed by atoms with Crippen LogP contribution in [0.25, 0.3) is 44.3 Å². The monoisotopic (exact) mass is 830 g/mol. The van der Waals surface area contributed by atoms with E-state index in [1.165, 1.54) is 16.5 Å². The molecule has 0 amide bonds. The first-order chi connectivity index (χ1) is 21.6. The van der Waals surface area contributed by atoms with E-state index in [1.54, 1.807) is 6.07 Å². The van der Waals surface area contributed by atoms with Crippen molar-refractivity contribution in [3.05, 3.63) is 157 Å². The van der Waals surface area contributed by atoms with Gasteiger partial charge in [-0.25, -0.2) is 5.56 Å². The van der Waals surface area contributed by atoms with Gasteiger partial charge in [0.25, 0.3) is 0 Å². The molecule has 0 bridgehead atoms. The molecule has 0 saturated heterocycles. The molecule has 0 saturated carbocycles. The van der Waals surface area contributed by atoms with Crippen LogP contribution in [0.4, 0.5) is 4.39 Å². The third kappa shape index (κ3) is 7.36. The minimum atomic E-state index is -1.79. The fourth-order valence-corrected chi connectivity index (χ4v) is 7.32. The number of benzene rings is 5. The van der Waals surface area contributed by atoms with Gasteiger partial charge >= 0.3 is 124 Å². The van der Waals surface area contributed by atoms with Gasteiger partial charge in [0.1, 0.15) is 5.58 Å². The van der Waals surface area contributed by atoms with E-state index in [0.717, 1.165) is 55.4 Å².